The number of rotatable bonds is 10. The Morgan fingerprint density at radius 3 is 2.44 bits per heavy atom. The van der Waals surface area contributed by atoms with E-state index in [-0.39, 0.29) is 5.57 Å². The van der Waals surface area contributed by atoms with Crippen molar-refractivity contribution >= 4 is 29.3 Å². The van der Waals surface area contributed by atoms with Crippen molar-refractivity contribution in [3.05, 3.63) is 124 Å². The zero-order valence-corrected chi connectivity index (χ0v) is 22.4. The number of nitrogens with one attached hydrogen (secondary N) is 1. The van der Waals surface area contributed by atoms with E-state index in [0.717, 1.165) is 16.7 Å². The van der Waals surface area contributed by atoms with Gasteiger partial charge in [0, 0.05) is 16.3 Å². The smallest absolute Gasteiger partial charge is 0.266 e. The summed E-state index contributed by atoms with van der Waals surface area (Å²) in [4.78, 5) is 12.8. The number of anilines is 1. The molecule has 4 rings (SSSR count). The lowest BCUT2D eigenvalue weighted by molar-refractivity contribution is -0.112. The third-order valence-corrected chi connectivity index (χ3v) is 6.17. The van der Waals surface area contributed by atoms with E-state index in [9.17, 15) is 10.1 Å². The quantitative estimate of drug-likeness (QED) is 0.168. The van der Waals surface area contributed by atoms with E-state index in [1.165, 1.54) is 6.08 Å². The van der Waals surface area contributed by atoms with Crippen molar-refractivity contribution in [3.8, 4) is 23.3 Å². The monoisotopic (exact) mass is 538 g/mol. The lowest BCUT2D eigenvalue weighted by Crippen LogP contribution is -2.13. The Balaban J connectivity index is 1.38. The van der Waals surface area contributed by atoms with Gasteiger partial charge in [0.15, 0.2) is 11.5 Å². The van der Waals surface area contributed by atoms with Gasteiger partial charge in [0.1, 0.15) is 30.6 Å². The molecule has 7 heteroatoms. The minimum absolute atomic E-state index is 0.0514. The van der Waals surface area contributed by atoms with Crippen molar-refractivity contribution in [3.63, 3.8) is 0 Å². The number of ether oxygens (including phenoxy) is 3. The van der Waals surface area contributed by atoms with Crippen LogP contribution in [-0.4, -0.2) is 13.0 Å². The number of benzene rings is 4. The molecule has 0 aromatic heterocycles. The number of nitrogens with zero attached hydrogens (tertiary/aromatic N) is 1. The van der Waals surface area contributed by atoms with Gasteiger partial charge in [0.05, 0.1) is 7.11 Å². The van der Waals surface area contributed by atoms with Gasteiger partial charge in [-0.2, -0.15) is 5.26 Å². The molecule has 0 spiro atoms. The molecule has 0 aliphatic heterocycles. The number of halogens is 1. The van der Waals surface area contributed by atoms with E-state index in [2.05, 4.69) is 11.4 Å². The number of nitriles is 1. The van der Waals surface area contributed by atoms with Crippen LogP contribution in [0, 0.1) is 18.3 Å². The first kappa shape index (κ1) is 27.3. The SMILES string of the molecule is COc1cc(/C=C(\C#N)C(=O)Nc2ccc(OCc3ccccc3Cl)cc2)ccc1OCc1cccc(C)c1. The molecule has 4 aromatic carbocycles. The van der Waals surface area contributed by atoms with Gasteiger partial charge in [-0.25, -0.2) is 0 Å². The molecule has 0 bridgehead atoms. The number of amides is 1. The van der Waals surface area contributed by atoms with Crippen molar-refractivity contribution in [2.24, 2.45) is 0 Å². The van der Waals surface area contributed by atoms with E-state index in [1.54, 1.807) is 49.6 Å². The van der Waals surface area contributed by atoms with Crippen LogP contribution < -0.4 is 19.5 Å². The van der Waals surface area contributed by atoms with Gasteiger partial charge in [-0.1, -0.05) is 65.7 Å². The average Bonchev–Trinajstić information content (AvgIpc) is 2.95. The maximum absolute atomic E-state index is 12.8. The summed E-state index contributed by atoms with van der Waals surface area (Å²) in [5.41, 5.74) is 4.19. The zero-order chi connectivity index (χ0) is 27.6. The second-order valence-corrected chi connectivity index (χ2v) is 9.12. The number of carbonyl (C=O) groups excluding carboxylic acids is 1. The predicted molar refractivity (Wildman–Crippen MR) is 153 cm³/mol. The Bertz CT molecular complexity index is 1520. The standard InChI is InChI=1S/C32H27ClN2O4/c1-22-6-5-7-24(16-22)20-39-30-15-10-23(18-31(30)37-2)17-26(19-34)32(36)35-27-11-13-28(14-12-27)38-21-25-8-3-4-9-29(25)33/h3-18H,20-21H2,1-2H3,(H,35,36)/b26-17+. The molecular formula is C32H27ClN2O4. The van der Waals surface area contributed by atoms with Gasteiger partial charge < -0.3 is 19.5 Å². The maximum Gasteiger partial charge on any atom is 0.266 e. The number of methoxy groups -OCH3 is 1. The van der Waals surface area contributed by atoms with Crippen LogP contribution in [-0.2, 0) is 18.0 Å². The molecule has 196 valence electrons. The van der Waals surface area contributed by atoms with Gasteiger partial charge in [0.25, 0.3) is 5.91 Å². The topological polar surface area (TPSA) is 80.6 Å². The lowest BCUT2D eigenvalue weighted by Gasteiger charge is -2.12. The highest BCUT2D eigenvalue weighted by Crippen LogP contribution is 2.30. The highest BCUT2D eigenvalue weighted by atomic mass is 35.5. The van der Waals surface area contributed by atoms with Gasteiger partial charge in [-0.05, 0) is 66.6 Å². The van der Waals surface area contributed by atoms with Gasteiger partial charge in [-0.15, -0.1) is 0 Å². The van der Waals surface area contributed by atoms with Crippen molar-refractivity contribution in [1.82, 2.24) is 0 Å². The van der Waals surface area contributed by atoms with Gasteiger partial charge >= 0.3 is 0 Å². The number of hydrogen-bond donors (Lipinski definition) is 1. The van der Waals surface area contributed by atoms with Crippen LogP contribution in [0.4, 0.5) is 5.69 Å². The van der Waals surface area contributed by atoms with E-state index < -0.39 is 5.91 Å². The molecule has 0 saturated heterocycles. The van der Waals surface area contributed by atoms with E-state index >= 15 is 0 Å². The van der Waals surface area contributed by atoms with Crippen molar-refractivity contribution < 1.29 is 19.0 Å². The molecule has 0 aliphatic carbocycles. The van der Waals surface area contributed by atoms with Crippen molar-refractivity contribution in [2.45, 2.75) is 20.1 Å². The van der Waals surface area contributed by atoms with E-state index in [1.807, 2.05) is 55.5 Å². The highest BCUT2D eigenvalue weighted by Gasteiger charge is 2.12. The molecule has 0 radical (unpaired) electrons. The molecule has 4 aromatic rings. The molecule has 39 heavy (non-hydrogen) atoms. The average molecular weight is 539 g/mol. The molecule has 0 unspecified atom stereocenters. The third-order valence-electron chi connectivity index (χ3n) is 5.80. The lowest BCUT2D eigenvalue weighted by atomic mass is 10.1. The van der Waals surface area contributed by atoms with E-state index in [4.69, 9.17) is 25.8 Å². The summed E-state index contributed by atoms with van der Waals surface area (Å²) in [6.45, 7) is 2.75. The van der Waals surface area contributed by atoms with Crippen LogP contribution in [0.25, 0.3) is 6.08 Å². The molecule has 0 heterocycles. The fourth-order valence-electron chi connectivity index (χ4n) is 3.78. The van der Waals surface area contributed by atoms with Crippen LogP contribution in [0.3, 0.4) is 0 Å². The van der Waals surface area contributed by atoms with E-state index in [0.29, 0.717) is 46.7 Å². The van der Waals surface area contributed by atoms with Gasteiger partial charge in [0.2, 0.25) is 0 Å². The number of carbonyl (C=O) groups is 1. The Kier molecular flexibility index (Phi) is 9.23. The first-order valence-electron chi connectivity index (χ1n) is 12.2. The Morgan fingerprint density at radius 2 is 1.72 bits per heavy atom. The van der Waals surface area contributed by atoms with Crippen LogP contribution >= 0.6 is 11.6 Å². The fourth-order valence-corrected chi connectivity index (χ4v) is 3.97. The van der Waals surface area contributed by atoms with Crippen LogP contribution in [0.5, 0.6) is 17.2 Å². The Labute approximate surface area is 233 Å². The maximum atomic E-state index is 12.8. The molecule has 0 saturated carbocycles. The minimum atomic E-state index is -0.527. The van der Waals surface area contributed by atoms with Gasteiger partial charge in [-0.3, -0.25) is 4.79 Å². The highest BCUT2D eigenvalue weighted by molar-refractivity contribution is 6.31. The third kappa shape index (κ3) is 7.64. The Morgan fingerprint density at radius 1 is 0.923 bits per heavy atom. The predicted octanol–water partition coefficient (Wildman–Crippen LogP) is 7.36. The van der Waals surface area contributed by atoms with Crippen LogP contribution in [0.1, 0.15) is 22.3 Å². The molecule has 1 N–H and O–H groups in total. The minimum Gasteiger partial charge on any atom is -0.493 e. The summed E-state index contributed by atoms with van der Waals surface area (Å²) >= 11 is 6.17. The van der Waals surface area contributed by atoms with Crippen LogP contribution in [0.2, 0.25) is 5.02 Å². The summed E-state index contributed by atoms with van der Waals surface area (Å²) in [6.07, 6.45) is 1.50. The fraction of sp³-hybridized carbons (Fsp3) is 0.125. The summed E-state index contributed by atoms with van der Waals surface area (Å²) in [5.74, 6) is 1.17. The molecule has 1 amide bonds. The number of aryl methyl sites for hydroxylation is 1. The van der Waals surface area contributed by atoms with Crippen molar-refractivity contribution in [2.75, 3.05) is 12.4 Å². The summed E-state index contributed by atoms with van der Waals surface area (Å²) in [5, 5.41) is 13.0. The first-order chi connectivity index (χ1) is 18.9. The zero-order valence-electron chi connectivity index (χ0n) is 21.6. The number of hydrogen-bond acceptors (Lipinski definition) is 5. The normalized spacial score (nSPS) is 10.9. The molecule has 6 nitrogen and oxygen atoms in total. The largest absolute Gasteiger partial charge is 0.493 e. The summed E-state index contributed by atoms with van der Waals surface area (Å²) < 4.78 is 17.2. The molecular weight excluding hydrogens is 512 g/mol. The second kappa shape index (κ2) is 13.2. The molecule has 0 fully saturated rings. The molecule has 0 atom stereocenters. The van der Waals surface area contributed by atoms with Crippen molar-refractivity contribution in [1.29, 1.82) is 5.26 Å². The molecule has 0 aliphatic rings. The van der Waals surface area contributed by atoms with Crippen LogP contribution in [0.15, 0.2) is 96.6 Å². The summed E-state index contributed by atoms with van der Waals surface area (Å²) in [7, 11) is 1.54. The summed E-state index contributed by atoms with van der Waals surface area (Å²) in [6, 6.07) is 29.6. The first-order valence-corrected chi connectivity index (χ1v) is 12.6. The second-order valence-electron chi connectivity index (χ2n) is 8.72. The Hall–Kier alpha value is -4.73.